The summed E-state index contributed by atoms with van der Waals surface area (Å²) in [7, 11) is 0. The molecule has 2 fully saturated rings. The quantitative estimate of drug-likeness (QED) is 0.620. The Morgan fingerprint density at radius 3 is 2.86 bits per heavy atom. The lowest BCUT2D eigenvalue weighted by atomic mass is 9.99. The molecule has 0 saturated carbocycles. The second kappa shape index (κ2) is 3.73. The van der Waals surface area contributed by atoms with Crippen molar-refractivity contribution in [3.8, 4) is 0 Å². The van der Waals surface area contributed by atoms with Crippen LogP contribution in [0.5, 0.6) is 0 Å². The molecule has 0 spiro atoms. The summed E-state index contributed by atoms with van der Waals surface area (Å²) in [6.45, 7) is 7.43. The minimum atomic E-state index is 0.0508. The van der Waals surface area contributed by atoms with E-state index in [0.717, 1.165) is 26.0 Å². The van der Waals surface area contributed by atoms with Crippen molar-refractivity contribution in [2.24, 2.45) is 5.92 Å². The molecular weight excluding hydrogens is 178 g/mol. The summed E-state index contributed by atoms with van der Waals surface area (Å²) in [5.41, 5.74) is 0. The highest BCUT2D eigenvalue weighted by molar-refractivity contribution is 5.87. The Morgan fingerprint density at radius 2 is 2.36 bits per heavy atom. The smallest absolute Gasteiger partial charge is 0.246 e. The van der Waals surface area contributed by atoms with Crippen LogP contribution in [0.2, 0.25) is 0 Å². The van der Waals surface area contributed by atoms with Crippen molar-refractivity contribution >= 4 is 5.91 Å². The average molecular weight is 195 g/mol. The Morgan fingerprint density at radius 1 is 1.64 bits per heavy atom. The van der Waals surface area contributed by atoms with E-state index in [1.54, 1.807) is 0 Å². The van der Waals surface area contributed by atoms with E-state index in [0.29, 0.717) is 12.0 Å². The van der Waals surface area contributed by atoms with E-state index in [1.807, 2.05) is 4.90 Å². The third-order valence-electron chi connectivity index (χ3n) is 3.17. The molecule has 0 aromatic rings. The zero-order valence-corrected chi connectivity index (χ0v) is 8.61. The van der Waals surface area contributed by atoms with Crippen LogP contribution in [0.15, 0.2) is 12.7 Å². The van der Waals surface area contributed by atoms with Gasteiger partial charge in [0.25, 0.3) is 0 Å². The van der Waals surface area contributed by atoms with Crippen molar-refractivity contribution in [1.82, 2.24) is 4.90 Å². The van der Waals surface area contributed by atoms with Gasteiger partial charge >= 0.3 is 0 Å². The highest BCUT2D eigenvalue weighted by atomic mass is 16.5. The zero-order valence-electron chi connectivity index (χ0n) is 8.61. The number of carbonyl (C=O) groups is 1. The Labute approximate surface area is 84.7 Å². The van der Waals surface area contributed by atoms with E-state index < -0.39 is 0 Å². The summed E-state index contributed by atoms with van der Waals surface area (Å²) < 4.78 is 5.46. The van der Waals surface area contributed by atoms with Crippen LogP contribution >= 0.6 is 0 Å². The van der Waals surface area contributed by atoms with E-state index in [-0.39, 0.29) is 12.0 Å². The summed E-state index contributed by atoms with van der Waals surface area (Å²) >= 11 is 0. The van der Waals surface area contributed by atoms with Gasteiger partial charge in [0.2, 0.25) is 5.91 Å². The Kier molecular flexibility index (Phi) is 2.59. The first-order chi connectivity index (χ1) is 6.72. The van der Waals surface area contributed by atoms with E-state index in [1.165, 1.54) is 6.08 Å². The van der Waals surface area contributed by atoms with Gasteiger partial charge in [-0.05, 0) is 24.8 Å². The molecule has 2 rings (SSSR count). The average Bonchev–Trinajstić information content (AvgIpc) is 2.43. The van der Waals surface area contributed by atoms with E-state index in [4.69, 9.17) is 4.74 Å². The second-order valence-corrected chi connectivity index (χ2v) is 4.30. The highest BCUT2D eigenvalue weighted by Gasteiger charge is 2.40. The molecule has 78 valence electrons. The molecule has 0 aromatic carbocycles. The van der Waals surface area contributed by atoms with Crippen LogP contribution in [-0.2, 0) is 9.53 Å². The number of amides is 1. The fourth-order valence-electron chi connectivity index (χ4n) is 2.37. The minimum Gasteiger partial charge on any atom is -0.376 e. The van der Waals surface area contributed by atoms with Crippen LogP contribution < -0.4 is 0 Å². The van der Waals surface area contributed by atoms with Gasteiger partial charge in [-0.15, -0.1) is 0 Å². The molecule has 1 amide bonds. The number of hydrogen-bond acceptors (Lipinski definition) is 2. The number of hydrogen-bond donors (Lipinski definition) is 0. The molecule has 2 aliphatic rings. The first kappa shape index (κ1) is 9.71. The second-order valence-electron chi connectivity index (χ2n) is 4.30. The van der Waals surface area contributed by atoms with Gasteiger partial charge in [-0.25, -0.2) is 0 Å². The normalized spacial score (nSPS) is 36.6. The first-order valence-corrected chi connectivity index (χ1v) is 5.27. The van der Waals surface area contributed by atoms with Crippen LogP contribution in [0, 0.1) is 5.92 Å². The summed E-state index contributed by atoms with van der Waals surface area (Å²) in [5, 5.41) is 0. The maximum atomic E-state index is 11.6. The number of ether oxygens (including phenoxy) is 1. The standard InChI is InChI=1S/C11H17NO2/c1-3-11(13)12-7-8(2)6-9(12)10-4-5-14-10/h3,8-10H,1,4-7H2,2H3/t8-,9+,10-/m0/s1. The summed E-state index contributed by atoms with van der Waals surface area (Å²) in [6, 6.07) is 0.296. The maximum Gasteiger partial charge on any atom is 0.246 e. The molecule has 2 aliphatic heterocycles. The molecule has 3 nitrogen and oxygen atoms in total. The Bertz CT molecular complexity index is 248. The lowest BCUT2D eigenvalue weighted by Crippen LogP contribution is -2.47. The molecule has 0 bridgehead atoms. The lowest BCUT2D eigenvalue weighted by Gasteiger charge is -2.36. The van der Waals surface area contributed by atoms with Gasteiger partial charge in [-0.3, -0.25) is 4.79 Å². The van der Waals surface area contributed by atoms with E-state index >= 15 is 0 Å². The summed E-state index contributed by atoms with van der Waals surface area (Å²) in [5.74, 6) is 0.642. The molecule has 3 heteroatoms. The van der Waals surface area contributed by atoms with Crippen LogP contribution in [-0.4, -0.2) is 36.1 Å². The molecule has 14 heavy (non-hydrogen) atoms. The van der Waals surface area contributed by atoms with Crippen LogP contribution in [0.3, 0.4) is 0 Å². The molecule has 2 saturated heterocycles. The van der Waals surface area contributed by atoms with Crippen molar-refractivity contribution < 1.29 is 9.53 Å². The van der Waals surface area contributed by atoms with Gasteiger partial charge in [0.15, 0.2) is 0 Å². The van der Waals surface area contributed by atoms with Gasteiger partial charge < -0.3 is 9.64 Å². The SMILES string of the molecule is C=CC(=O)N1C[C@@H](C)C[C@@H]1[C@@H]1CCO1. The van der Waals surface area contributed by atoms with Gasteiger partial charge in [0.1, 0.15) is 0 Å². The van der Waals surface area contributed by atoms with Gasteiger partial charge in [-0.2, -0.15) is 0 Å². The molecule has 0 N–H and O–H groups in total. The highest BCUT2D eigenvalue weighted by Crippen LogP contribution is 2.31. The third kappa shape index (κ3) is 1.57. The predicted octanol–water partition coefficient (Wildman–Crippen LogP) is 1.20. The zero-order chi connectivity index (χ0) is 10.1. The number of rotatable bonds is 2. The Hall–Kier alpha value is -0.830. The first-order valence-electron chi connectivity index (χ1n) is 5.27. The summed E-state index contributed by atoms with van der Waals surface area (Å²) in [4.78, 5) is 13.5. The van der Waals surface area contributed by atoms with E-state index in [2.05, 4.69) is 13.5 Å². The van der Waals surface area contributed by atoms with Crippen molar-refractivity contribution in [2.45, 2.75) is 31.9 Å². The predicted molar refractivity (Wildman–Crippen MR) is 53.8 cm³/mol. The van der Waals surface area contributed by atoms with Gasteiger partial charge in [0.05, 0.1) is 12.1 Å². The van der Waals surface area contributed by atoms with Crippen molar-refractivity contribution in [1.29, 1.82) is 0 Å². The number of likely N-dealkylation sites (tertiary alicyclic amines) is 1. The monoisotopic (exact) mass is 195 g/mol. The molecule has 0 unspecified atom stereocenters. The molecule has 3 atom stereocenters. The molecule has 2 heterocycles. The molecule has 0 aliphatic carbocycles. The van der Waals surface area contributed by atoms with Crippen molar-refractivity contribution in [3.63, 3.8) is 0 Å². The topological polar surface area (TPSA) is 29.5 Å². The lowest BCUT2D eigenvalue weighted by molar-refractivity contribution is -0.136. The largest absolute Gasteiger partial charge is 0.376 e. The fraction of sp³-hybridized carbons (Fsp3) is 0.727. The number of nitrogens with zero attached hydrogens (tertiary/aromatic N) is 1. The molecule has 0 radical (unpaired) electrons. The van der Waals surface area contributed by atoms with Crippen LogP contribution in [0.25, 0.3) is 0 Å². The van der Waals surface area contributed by atoms with Gasteiger partial charge in [0, 0.05) is 13.2 Å². The number of carbonyl (C=O) groups excluding carboxylic acids is 1. The van der Waals surface area contributed by atoms with Crippen LogP contribution in [0.4, 0.5) is 0 Å². The molecule has 0 aromatic heterocycles. The minimum absolute atomic E-state index is 0.0508. The van der Waals surface area contributed by atoms with Crippen molar-refractivity contribution in [3.05, 3.63) is 12.7 Å². The Balaban J connectivity index is 2.05. The third-order valence-corrected chi connectivity index (χ3v) is 3.17. The molecular formula is C11H17NO2. The fourth-order valence-corrected chi connectivity index (χ4v) is 2.37. The van der Waals surface area contributed by atoms with E-state index in [9.17, 15) is 4.79 Å². The van der Waals surface area contributed by atoms with Crippen LogP contribution in [0.1, 0.15) is 19.8 Å². The maximum absolute atomic E-state index is 11.6. The summed E-state index contributed by atoms with van der Waals surface area (Å²) in [6.07, 6.45) is 3.86. The van der Waals surface area contributed by atoms with Gasteiger partial charge in [-0.1, -0.05) is 13.5 Å². The van der Waals surface area contributed by atoms with Crippen molar-refractivity contribution in [2.75, 3.05) is 13.2 Å².